The molecule has 1 heterocycles. The van der Waals surface area contributed by atoms with Crippen molar-refractivity contribution in [3.05, 3.63) is 28.2 Å². The Hall–Kier alpha value is -1.01. The number of benzene rings is 1. The van der Waals surface area contributed by atoms with Crippen molar-refractivity contribution in [2.24, 2.45) is 5.92 Å². The average molecular weight is 319 g/mol. The van der Waals surface area contributed by atoms with Gasteiger partial charge in [0.05, 0.1) is 16.1 Å². The van der Waals surface area contributed by atoms with Gasteiger partial charge in [0.15, 0.2) is 6.61 Å². The molecule has 0 saturated carbocycles. The van der Waals surface area contributed by atoms with Crippen LogP contribution in [0.5, 0.6) is 5.75 Å². The number of hydrogen-bond acceptors (Lipinski definition) is 4. The van der Waals surface area contributed by atoms with Gasteiger partial charge in [0.25, 0.3) is 5.91 Å². The van der Waals surface area contributed by atoms with Crippen molar-refractivity contribution in [3.63, 3.8) is 0 Å². The van der Waals surface area contributed by atoms with Crippen LogP contribution in [0.1, 0.15) is 0 Å². The molecule has 0 aliphatic carbocycles. The van der Waals surface area contributed by atoms with Crippen molar-refractivity contribution in [3.8, 4) is 5.75 Å². The highest BCUT2D eigenvalue weighted by atomic mass is 35.5. The standard InChI is InChI=1S/C13H16Cl2N2O3/c14-10-2-1-9(3-11(10)15)20-7-13(19)17-5-8-4-16-6-12(8)18/h1-3,8,12,16,18H,4-7H2,(H,17,19). The van der Waals surface area contributed by atoms with E-state index in [0.29, 0.717) is 35.4 Å². The molecule has 110 valence electrons. The highest BCUT2D eigenvalue weighted by molar-refractivity contribution is 6.42. The number of ether oxygens (including phenoxy) is 1. The first kappa shape index (κ1) is 15.4. The van der Waals surface area contributed by atoms with E-state index in [-0.39, 0.29) is 18.4 Å². The molecule has 7 heteroatoms. The van der Waals surface area contributed by atoms with Crippen LogP contribution >= 0.6 is 23.2 Å². The smallest absolute Gasteiger partial charge is 0.257 e. The van der Waals surface area contributed by atoms with E-state index in [2.05, 4.69) is 10.6 Å². The van der Waals surface area contributed by atoms with Gasteiger partial charge in [0.2, 0.25) is 0 Å². The predicted octanol–water partition coefficient (Wildman–Crippen LogP) is 1.07. The molecule has 0 aromatic heterocycles. The normalized spacial score (nSPS) is 21.8. The summed E-state index contributed by atoms with van der Waals surface area (Å²) >= 11 is 11.6. The Morgan fingerprint density at radius 1 is 1.40 bits per heavy atom. The van der Waals surface area contributed by atoms with E-state index in [4.69, 9.17) is 27.9 Å². The predicted molar refractivity (Wildman–Crippen MR) is 77.3 cm³/mol. The number of halogens is 2. The van der Waals surface area contributed by atoms with Crippen LogP contribution in [0.25, 0.3) is 0 Å². The van der Waals surface area contributed by atoms with Crippen LogP contribution in [0.2, 0.25) is 10.0 Å². The summed E-state index contributed by atoms with van der Waals surface area (Å²) in [6, 6.07) is 4.81. The molecule has 1 saturated heterocycles. The van der Waals surface area contributed by atoms with Gasteiger partial charge in [-0.2, -0.15) is 0 Å². The summed E-state index contributed by atoms with van der Waals surface area (Å²) in [6.45, 7) is 1.60. The lowest BCUT2D eigenvalue weighted by Crippen LogP contribution is -2.36. The highest BCUT2D eigenvalue weighted by Gasteiger charge is 2.24. The number of carbonyl (C=O) groups excluding carboxylic acids is 1. The minimum Gasteiger partial charge on any atom is -0.484 e. The third-order valence-corrected chi connectivity index (χ3v) is 3.87. The van der Waals surface area contributed by atoms with E-state index in [9.17, 15) is 9.90 Å². The number of aliphatic hydroxyl groups is 1. The van der Waals surface area contributed by atoms with Gasteiger partial charge in [-0.05, 0) is 12.1 Å². The van der Waals surface area contributed by atoms with Gasteiger partial charge >= 0.3 is 0 Å². The van der Waals surface area contributed by atoms with Gasteiger partial charge in [-0.3, -0.25) is 4.79 Å². The highest BCUT2D eigenvalue weighted by Crippen LogP contribution is 2.26. The molecule has 2 unspecified atom stereocenters. The van der Waals surface area contributed by atoms with Crippen LogP contribution in [0.3, 0.4) is 0 Å². The molecule has 3 N–H and O–H groups in total. The van der Waals surface area contributed by atoms with E-state index < -0.39 is 6.10 Å². The molecule has 5 nitrogen and oxygen atoms in total. The molecule has 0 spiro atoms. The van der Waals surface area contributed by atoms with Crippen LogP contribution < -0.4 is 15.4 Å². The van der Waals surface area contributed by atoms with Crippen molar-refractivity contribution < 1.29 is 14.6 Å². The van der Waals surface area contributed by atoms with Crippen LogP contribution in [0.4, 0.5) is 0 Å². The summed E-state index contributed by atoms with van der Waals surface area (Å²) in [6.07, 6.45) is -0.411. The second kappa shape index (κ2) is 7.13. The maximum Gasteiger partial charge on any atom is 0.257 e. The molecule has 1 aromatic rings. The summed E-state index contributed by atoms with van der Waals surface area (Å²) in [7, 11) is 0. The van der Waals surface area contributed by atoms with E-state index >= 15 is 0 Å². The Morgan fingerprint density at radius 3 is 2.85 bits per heavy atom. The topological polar surface area (TPSA) is 70.6 Å². The molecular formula is C13H16Cl2N2O3. The molecule has 2 atom stereocenters. The quantitative estimate of drug-likeness (QED) is 0.759. The van der Waals surface area contributed by atoms with Crippen molar-refractivity contribution >= 4 is 29.1 Å². The van der Waals surface area contributed by atoms with Gasteiger partial charge in [0.1, 0.15) is 5.75 Å². The average Bonchev–Trinajstić information content (AvgIpc) is 2.83. The lowest BCUT2D eigenvalue weighted by atomic mass is 10.1. The number of hydrogen-bond donors (Lipinski definition) is 3. The molecule has 1 amide bonds. The SMILES string of the molecule is O=C(COc1ccc(Cl)c(Cl)c1)NCC1CNCC1O. The van der Waals surface area contributed by atoms with Crippen LogP contribution in [-0.4, -0.2) is 43.4 Å². The number of amides is 1. The van der Waals surface area contributed by atoms with Crippen molar-refractivity contribution in [1.29, 1.82) is 0 Å². The third kappa shape index (κ3) is 4.24. The van der Waals surface area contributed by atoms with Gasteiger partial charge in [-0.1, -0.05) is 23.2 Å². The van der Waals surface area contributed by atoms with Gasteiger partial charge in [0, 0.05) is 31.6 Å². The summed E-state index contributed by atoms with van der Waals surface area (Å²) < 4.78 is 5.31. The fraction of sp³-hybridized carbons (Fsp3) is 0.462. The van der Waals surface area contributed by atoms with Crippen LogP contribution in [0.15, 0.2) is 18.2 Å². The molecule has 1 aliphatic heterocycles. The minimum atomic E-state index is -0.411. The molecule has 1 aliphatic rings. The number of β-amino-alcohol motifs (C(OH)–C–C–N with tert-alkyl or cyclic N) is 1. The number of nitrogens with one attached hydrogen (secondary N) is 2. The molecule has 2 rings (SSSR count). The second-order valence-corrected chi connectivity index (χ2v) is 5.47. The third-order valence-electron chi connectivity index (χ3n) is 3.13. The Bertz CT molecular complexity index is 485. The van der Waals surface area contributed by atoms with Gasteiger partial charge < -0.3 is 20.5 Å². The summed E-state index contributed by atoms with van der Waals surface area (Å²) in [5.74, 6) is 0.288. The lowest BCUT2D eigenvalue weighted by molar-refractivity contribution is -0.123. The monoisotopic (exact) mass is 318 g/mol. The number of carbonyl (C=O) groups is 1. The largest absolute Gasteiger partial charge is 0.484 e. The first-order chi connectivity index (χ1) is 9.56. The van der Waals surface area contributed by atoms with Crippen molar-refractivity contribution in [2.75, 3.05) is 26.2 Å². The maximum atomic E-state index is 11.6. The fourth-order valence-electron chi connectivity index (χ4n) is 1.94. The molecule has 1 fully saturated rings. The first-order valence-electron chi connectivity index (χ1n) is 6.29. The van der Waals surface area contributed by atoms with Crippen molar-refractivity contribution in [1.82, 2.24) is 10.6 Å². The molecule has 0 radical (unpaired) electrons. The van der Waals surface area contributed by atoms with Crippen molar-refractivity contribution in [2.45, 2.75) is 6.10 Å². The zero-order chi connectivity index (χ0) is 14.5. The summed E-state index contributed by atoms with van der Waals surface area (Å²) in [5, 5.41) is 16.2. The lowest BCUT2D eigenvalue weighted by Gasteiger charge is -2.14. The van der Waals surface area contributed by atoms with Crippen LogP contribution in [-0.2, 0) is 4.79 Å². The van der Waals surface area contributed by atoms with E-state index in [1.165, 1.54) is 0 Å². The summed E-state index contributed by atoms with van der Waals surface area (Å²) in [4.78, 5) is 11.6. The number of aliphatic hydroxyl groups excluding tert-OH is 1. The van der Waals surface area contributed by atoms with Gasteiger partial charge in [-0.25, -0.2) is 0 Å². The minimum absolute atomic E-state index is 0.0453. The fourth-order valence-corrected chi connectivity index (χ4v) is 2.23. The number of rotatable bonds is 5. The Morgan fingerprint density at radius 2 is 2.20 bits per heavy atom. The molecule has 1 aromatic carbocycles. The zero-order valence-corrected chi connectivity index (χ0v) is 12.2. The zero-order valence-electron chi connectivity index (χ0n) is 10.7. The van der Waals surface area contributed by atoms with E-state index in [1.54, 1.807) is 18.2 Å². The molecular weight excluding hydrogens is 303 g/mol. The Kier molecular flexibility index (Phi) is 5.48. The van der Waals surface area contributed by atoms with Crippen LogP contribution in [0, 0.1) is 5.92 Å². The second-order valence-electron chi connectivity index (χ2n) is 4.65. The maximum absolute atomic E-state index is 11.6. The summed E-state index contributed by atoms with van der Waals surface area (Å²) in [5.41, 5.74) is 0. The Labute approximate surface area is 127 Å². The van der Waals surface area contributed by atoms with Gasteiger partial charge in [-0.15, -0.1) is 0 Å². The molecule has 0 bridgehead atoms. The Balaban J connectivity index is 1.73. The molecule has 20 heavy (non-hydrogen) atoms. The first-order valence-corrected chi connectivity index (χ1v) is 7.05. The van der Waals surface area contributed by atoms with E-state index in [0.717, 1.165) is 0 Å². The van der Waals surface area contributed by atoms with E-state index in [1.807, 2.05) is 0 Å².